The summed E-state index contributed by atoms with van der Waals surface area (Å²) in [6, 6.07) is 0.593. The van der Waals surface area contributed by atoms with Crippen molar-refractivity contribution in [3.63, 3.8) is 0 Å². The summed E-state index contributed by atoms with van der Waals surface area (Å²) < 4.78 is 5.24. The molecule has 0 aromatic carbocycles. The summed E-state index contributed by atoms with van der Waals surface area (Å²) in [4.78, 5) is 16.7. The predicted octanol–water partition coefficient (Wildman–Crippen LogP) is 1.56. The van der Waals surface area contributed by atoms with Crippen LogP contribution in [0.1, 0.15) is 37.6 Å². The van der Waals surface area contributed by atoms with Gasteiger partial charge in [-0.15, -0.1) is 0 Å². The molecule has 1 aromatic rings. The SMILES string of the molecule is CCCN1CCC[C@@H]2Cc3[nH]c(=O)oc3C[C@H]21. The van der Waals surface area contributed by atoms with Crippen molar-refractivity contribution < 1.29 is 4.42 Å². The van der Waals surface area contributed by atoms with E-state index in [1.54, 1.807) is 0 Å². The van der Waals surface area contributed by atoms with Crippen LogP contribution in [0, 0.1) is 5.92 Å². The predicted molar refractivity (Wildman–Crippen MR) is 65.1 cm³/mol. The minimum absolute atomic E-state index is 0.282. The van der Waals surface area contributed by atoms with Crippen molar-refractivity contribution >= 4 is 0 Å². The molecule has 0 spiro atoms. The van der Waals surface area contributed by atoms with Gasteiger partial charge in [0.05, 0.1) is 5.69 Å². The number of nitrogens with one attached hydrogen (secondary N) is 1. The van der Waals surface area contributed by atoms with Gasteiger partial charge in [-0.25, -0.2) is 4.79 Å². The van der Waals surface area contributed by atoms with Crippen LogP contribution in [-0.4, -0.2) is 29.0 Å². The van der Waals surface area contributed by atoms with E-state index >= 15 is 0 Å². The second kappa shape index (κ2) is 4.33. The Bertz CT molecular complexity index is 447. The number of oxazole rings is 1. The molecule has 17 heavy (non-hydrogen) atoms. The van der Waals surface area contributed by atoms with Crippen molar-refractivity contribution in [3.05, 3.63) is 22.0 Å². The Morgan fingerprint density at radius 1 is 1.47 bits per heavy atom. The third-order valence-corrected chi connectivity index (χ3v) is 4.21. The van der Waals surface area contributed by atoms with Gasteiger partial charge in [-0.1, -0.05) is 6.92 Å². The number of hydrogen-bond acceptors (Lipinski definition) is 3. The Labute approximate surface area is 101 Å². The number of fused-ring (bicyclic) bond motifs is 2. The van der Waals surface area contributed by atoms with Crippen LogP contribution in [0.3, 0.4) is 0 Å². The van der Waals surface area contributed by atoms with Crippen LogP contribution in [-0.2, 0) is 12.8 Å². The van der Waals surface area contributed by atoms with E-state index in [9.17, 15) is 4.79 Å². The van der Waals surface area contributed by atoms with Crippen LogP contribution in [0.2, 0.25) is 0 Å². The van der Waals surface area contributed by atoms with Crippen molar-refractivity contribution in [3.8, 4) is 0 Å². The number of piperidine rings is 1. The average Bonchev–Trinajstić information content (AvgIpc) is 2.66. The first kappa shape index (κ1) is 11.1. The summed E-state index contributed by atoms with van der Waals surface area (Å²) in [5, 5.41) is 0. The van der Waals surface area contributed by atoms with Gasteiger partial charge in [0.2, 0.25) is 0 Å². The number of aromatic nitrogens is 1. The molecule has 0 amide bonds. The Hall–Kier alpha value is -1.03. The highest BCUT2D eigenvalue weighted by Crippen LogP contribution is 2.33. The molecule has 1 aliphatic carbocycles. The highest BCUT2D eigenvalue weighted by Gasteiger charge is 2.37. The first-order chi connectivity index (χ1) is 8.28. The zero-order chi connectivity index (χ0) is 11.8. The first-order valence-electron chi connectivity index (χ1n) is 6.73. The van der Waals surface area contributed by atoms with Gasteiger partial charge in [-0.05, 0) is 44.7 Å². The number of aromatic amines is 1. The van der Waals surface area contributed by atoms with E-state index in [1.807, 2.05) is 0 Å². The molecular formula is C13H20N2O2. The largest absolute Gasteiger partial charge is 0.416 e. The van der Waals surface area contributed by atoms with Crippen molar-refractivity contribution in [1.82, 2.24) is 9.88 Å². The molecule has 0 unspecified atom stereocenters. The van der Waals surface area contributed by atoms with E-state index in [2.05, 4.69) is 16.8 Å². The molecule has 1 aromatic heterocycles. The Morgan fingerprint density at radius 3 is 3.18 bits per heavy atom. The molecule has 2 heterocycles. The minimum atomic E-state index is -0.282. The van der Waals surface area contributed by atoms with Gasteiger partial charge in [0.25, 0.3) is 0 Å². The van der Waals surface area contributed by atoms with Gasteiger partial charge in [0, 0.05) is 12.5 Å². The molecule has 1 saturated heterocycles. The van der Waals surface area contributed by atoms with Crippen LogP contribution in [0.15, 0.2) is 9.21 Å². The fourth-order valence-corrected chi connectivity index (χ4v) is 3.49. The fourth-order valence-electron chi connectivity index (χ4n) is 3.49. The topological polar surface area (TPSA) is 49.2 Å². The maximum Gasteiger partial charge on any atom is 0.416 e. The summed E-state index contributed by atoms with van der Waals surface area (Å²) in [7, 11) is 0. The van der Waals surface area contributed by atoms with E-state index in [0.717, 1.165) is 24.3 Å². The normalized spacial score (nSPS) is 28.8. The molecule has 0 radical (unpaired) electrons. The number of nitrogens with zero attached hydrogens (tertiary/aromatic N) is 1. The van der Waals surface area contributed by atoms with E-state index in [4.69, 9.17) is 4.42 Å². The third kappa shape index (κ3) is 1.95. The molecule has 4 heteroatoms. The van der Waals surface area contributed by atoms with Crippen LogP contribution in [0.4, 0.5) is 0 Å². The number of hydrogen-bond donors (Lipinski definition) is 1. The Balaban J connectivity index is 1.85. The van der Waals surface area contributed by atoms with Crippen LogP contribution >= 0.6 is 0 Å². The van der Waals surface area contributed by atoms with E-state index in [-0.39, 0.29) is 5.76 Å². The quantitative estimate of drug-likeness (QED) is 0.847. The van der Waals surface area contributed by atoms with Crippen molar-refractivity contribution in [2.75, 3.05) is 13.1 Å². The molecule has 1 fully saturated rings. The lowest BCUT2D eigenvalue weighted by Gasteiger charge is -2.43. The lowest BCUT2D eigenvalue weighted by Crippen LogP contribution is -2.49. The number of H-pyrrole nitrogens is 1. The van der Waals surface area contributed by atoms with E-state index in [0.29, 0.717) is 12.0 Å². The molecule has 94 valence electrons. The van der Waals surface area contributed by atoms with Gasteiger partial charge < -0.3 is 4.42 Å². The highest BCUT2D eigenvalue weighted by atomic mass is 16.4. The molecular weight excluding hydrogens is 216 g/mol. The number of rotatable bonds is 2. The summed E-state index contributed by atoms with van der Waals surface area (Å²) in [5.74, 6) is 1.32. The Kier molecular flexibility index (Phi) is 2.82. The van der Waals surface area contributed by atoms with Gasteiger partial charge in [0.15, 0.2) is 0 Å². The lowest BCUT2D eigenvalue weighted by molar-refractivity contribution is 0.0796. The monoisotopic (exact) mass is 236 g/mol. The zero-order valence-electron chi connectivity index (χ0n) is 10.4. The van der Waals surface area contributed by atoms with Crippen LogP contribution in [0.25, 0.3) is 0 Å². The van der Waals surface area contributed by atoms with E-state index in [1.165, 1.54) is 32.4 Å². The molecule has 1 aliphatic heterocycles. The van der Waals surface area contributed by atoms with Crippen LogP contribution < -0.4 is 5.76 Å². The molecule has 2 atom stereocenters. The maximum absolute atomic E-state index is 11.2. The third-order valence-electron chi connectivity index (χ3n) is 4.21. The minimum Gasteiger partial charge on any atom is -0.413 e. The molecule has 3 rings (SSSR count). The molecule has 0 bridgehead atoms. The van der Waals surface area contributed by atoms with Crippen molar-refractivity contribution in [2.24, 2.45) is 5.92 Å². The maximum atomic E-state index is 11.2. The first-order valence-corrected chi connectivity index (χ1v) is 6.73. The molecule has 0 saturated carbocycles. The fraction of sp³-hybridized carbons (Fsp3) is 0.769. The standard InChI is InChI=1S/C13H20N2O2/c1-2-5-15-6-3-4-9-7-10-12(8-11(9)15)17-13(16)14-10/h9,11H,2-8H2,1H3,(H,14,16)/t9-,11-/m1/s1. The van der Waals surface area contributed by atoms with Crippen LogP contribution in [0.5, 0.6) is 0 Å². The number of likely N-dealkylation sites (tertiary alicyclic amines) is 1. The van der Waals surface area contributed by atoms with E-state index < -0.39 is 0 Å². The van der Waals surface area contributed by atoms with Gasteiger partial charge in [-0.3, -0.25) is 9.88 Å². The summed E-state index contributed by atoms with van der Waals surface area (Å²) in [6.07, 6.45) is 5.69. The second-order valence-electron chi connectivity index (χ2n) is 5.33. The van der Waals surface area contributed by atoms with Gasteiger partial charge >= 0.3 is 5.76 Å². The molecule has 4 nitrogen and oxygen atoms in total. The highest BCUT2D eigenvalue weighted by molar-refractivity contribution is 5.16. The second-order valence-corrected chi connectivity index (χ2v) is 5.33. The Morgan fingerprint density at radius 2 is 2.35 bits per heavy atom. The summed E-state index contributed by atoms with van der Waals surface area (Å²) >= 11 is 0. The molecule has 2 aliphatic rings. The average molecular weight is 236 g/mol. The molecule has 1 N–H and O–H groups in total. The lowest BCUT2D eigenvalue weighted by atomic mass is 9.79. The van der Waals surface area contributed by atoms with Gasteiger partial charge in [-0.2, -0.15) is 0 Å². The smallest absolute Gasteiger partial charge is 0.413 e. The van der Waals surface area contributed by atoms with Gasteiger partial charge in [0.1, 0.15) is 5.76 Å². The summed E-state index contributed by atoms with van der Waals surface area (Å²) in [6.45, 7) is 4.61. The zero-order valence-corrected chi connectivity index (χ0v) is 10.4. The summed E-state index contributed by atoms with van der Waals surface area (Å²) in [5.41, 5.74) is 1.05. The van der Waals surface area contributed by atoms with Crippen molar-refractivity contribution in [1.29, 1.82) is 0 Å². The van der Waals surface area contributed by atoms with Crippen molar-refractivity contribution in [2.45, 2.75) is 45.1 Å².